The molecule has 1 amide bonds. The van der Waals surface area contributed by atoms with Gasteiger partial charge in [0.05, 0.1) is 12.1 Å². The molecule has 0 aliphatic carbocycles. The van der Waals surface area contributed by atoms with Crippen molar-refractivity contribution in [1.29, 1.82) is 0 Å². The maximum absolute atomic E-state index is 13.2. The van der Waals surface area contributed by atoms with E-state index >= 15 is 0 Å². The van der Waals surface area contributed by atoms with Gasteiger partial charge in [-0.15, -0.1) is 0 Å². The molecule has 0 bridgehead atoms. The van der Waals surface area contributed by atoms with E-state index in [0.717, 1.165) is 49.5 Å². The molecule has 1 fully saturated rings. The average molecular weight is 519 g/mol. The number of hydrogen-bond acceptors (Lipinski definition) is 5. The minimum atomic E-state index is -2.14. The summed E-state index contributed by atoms with van der Waals surface area (Å²) in [5.41, 5.74) is 1.05. The number of ether oxygens (including phenoxy) is 2. The molecule has 7 heteroatoms. The van der Waals surface area contributed by atoms with Gasteiger partial charge in [-0.25, -0.2) is 0 Å². The zero-order chi connectivity index (χ0) is 26.2. The summed E-state index contributed by atoms with van der Waals surface area (Å²) in [7, 11) is -2.14. The van der Waals surface area contributed by atoms with E-state index in [1.165, 1.54) is 32.1 Å². The molecule has 3 rings (SSSR count). The van der Waals surface area contributed by atoms with Crippen LogP contribution in [0, 0.1) is 0 Å². The topological polar surface area (TPSA) is 60.0 Å². The highest BCUT2D eigenvalue weighted by Gasteiger charge is 2.42. The number of rotatable bonds is 13. The first-order valence-electron chi connectivity index (χ1n) is 14.2. The summed E-state index contributed by atoms with van der Waals surface area (Å²) in [5.74, 6) is 1.69. The molecular formula is C29H50N2O4Si. The van der Waals surface area contributed by atoms with E-state index < -0.39 is 8.32 Å². The summed E-state index contributed by atoms with van der Waals surface area (Å²) in [4.78, 5) is 15.7. The van der Waals surface area contributed by atoms with Gasteiger partial charge in [0.2, 0.25) is 5.91 Å². The van der Waals surface area contributed by atoms with Crippen molar-refractivity contribution in [2.45, 2.75) is 109 Å². The molecule has 0 radical (unpaired) electrons. The van der Waals surface area contributed by atoms with Crippen LogP contribution in [0.4, 0.5) is 0 Å². The lowest BCUT2D eigenvalue weighted by Crippen LogP contribution is -2.51. The molecule has 2 atom stereocenters. The van der Waals surface area contributed by atoms with Crippen molar-refractivity contribution in [3.05, 3.63) is 23.8 Å². The van der Waals surface area contributed by atoms with E-state index in [-0.39, 0.29) is 23.1 Å². The van der Waals surface area contributed by atoms with E-state index in [4.69, 9.17) is 13.9 Å². The quantitative estimate of drug-likeness (QED) is 0.240. The predicted molar refractivity (Wildman–Crippen MR) is 149 cm³/mol. The third kappa shape index (κ3) is 8.22. The Morgan fingerprint density at radius 2 is 1.72 bits per heavy atom. The number of amides is 1. The molecule has 1 N–H and O–H groups in total. The number of fused-ring (bicyclic) bond motifs is 1. The minimum absolute atomic E-state index is 0.0561. The van der Waals surface area contributed by atoms with Gasteiger partial charge in [0.15, 0.2) is 19.8 Å². The van der Waals surface area contributed by atoms with Gasteiger partial charge >= 0.3 is 0 Å². The fourth-order valence-corrected chi connectivity index (χ4v) is 6.03. The summed E-state index contributed by atoms with van der Waals surface area (Å²) in [6.07, 6.45) is 8.49. The summed E-state index contributed by atoms with van der Waals surface area (Å²) in [6, 6.07) is 6.04. The molecule has 204 valence electrons. The smallest absolute Gasteiger partial charge is 0.220 e. The molecule has 36 heavy (non-hydrogen) atoms. The van der Waals surface area contributed by atoms with Crippen LogP contribution in [-0.2, 0) is 9.22 Å². The van der Waals surface area contributed by atoms with Crippen LogP contribution < -0.4 is 14.8 Å². The van der Waals surface area contributed by atoms with Crippen LogP contribution in [0.1, 0.15) is 90.7 Å². The third-order valence-corrected chi connectivity index (χ3v) is 12.5. The lowest BCUT2D eigenvalue weighted by molar-refractivity contribution is -0.122. The second kappa shape index (κ2) is 13.3. The highest BCUT2D eigenvalue weighted by molar-refractivity contribution is 6.74. The van der Waals surface area contributed by atoms with Crippen molar-refractivity contribution < 1.29 is 18.7 Å². The molecule has 0 aromatic heterocycles. The first-order chi connectivity index (χ1) is 17.1. The summed E-state index contributed by atoms with van der Waals surface area (Å²) in [6.45, 7) is 17.7. The van der Waals surface area contributed by atoms with Crippen molar-refractivity contribution >= 4 is 14.2 Å². The first kappa shape index (κ1) is 29.0. The normalized spacial score (nSPS) is 18.2. The Bertz CT molecular complexity index is 833. The maximum atomic E-state index is 13.2. The molecule has 0 spiro atoms. The third-order valence-electron chi connectivity index (χ3n) is 8.00. The Balaban J connectivity index is 1.86. The number of benzene rings is 1. The van der Waals surface area contributed by atoms with E-state index in [1.54, 1.807) is 0 Å². The summed E-state index contributed by atoms with van der Waals surface area (Å²) >= 11 is 0. The molecule has 2 heterocycles. The number of nitrogens with one attached hydrogen (secondary N) is 1. The van der Waals surface area contributed by atoms with Gasteiger partial charge in [0, 0.05) is 13.0 Å². The van der Waals surface area contributed by atoms with Crippen LogP contribution in [0.3, 0.4) is 0 Å². The fraction of sp³-hybridized carbons (Fsp3) is 0.759. The number of likely N-dealkylation sites (tertiary alicyclic amines) is 1. The first-order valence-corrected chi connectivity index (χ1v) is 17.1. The van der Waals surface area contributed by atoms with Crippen LogP contribution >= 0.6 is 0 Å². The van der Waals surface area contributed by atoms with Gasteiger partial charge in [0.25, 0.3) is 0 Å². The van der Waals surface area contributed by atoms with Crippen molar-refractivity contribution in [3.63, 3.8) is 0 Å². The van der Waals surface area contributed by atoms with E-state index in [0.29, 0.717) is 19.6 Å². The van der Waals surface area contributed by atoms with Gasteiger partial charge in [-0.1, -0.05) is 59.4 Å². The van der Waals surface area contributed by atoms with Crippen molar-refractivity contribution in [2.24, 2.45) is 0 Å². The predicted octanol–water partition coefficient (Wildman–Crippen LogP) is 6.46. The molecule has 6 nitrogen and oxygen atoms in total. The Morgan fingerprint density at radius 1 is 1.06 bits per heavy atom. The van der Waals surface area contributed by atoms with Gasteiger partial charge in [0.1, 0.15) is 13.2 Å². The number of carbonyl (C=O) groups is 1. The minimum Gasteiger partial charge on any atom is -0.486 e. The molecule has 1 saturated heterocycles. The molecule has 0 saturated carbocycles. The largest absolute Gasteiger partial charge is 0.486 e. The molecule has 1 aromatic carbocycles. The lowest BCUT2D eigenvalue weighted by Gasteiger charge is -2.42. The maximum Gasteiger partial charge on any atom is 0.220 e. The zero-order valence-electron chi connectivity index (χ0n) is 23.7. The number of nitrogens with zero attached hydrogens (tertiary/aromatic N) is 1. The summed E-state index contributed by atoms with van der Waals surface area (Å²) in [5, 5.41) is 3.49. The number of unbranched alkanes of at least 4 members (excludes halogenated alkanes) is 4. The lowest BCUT2D eigenvalue weighted by atomic mass is 10.0. The van der Waals surface area contributed by atoms with Crippen LogP contribution in [0.5, 0.6) is 11.5 Å². The van der Waals surface area contributed by atoms with Crippen LogP contribution in [0.2, 0.25) is 18.1 Å². The Labute approximate surface area is 220 Å². The van der Waals surface area contributed by atoms with Gasteiger partial charge < -0.3 is 24.1 Å². The molecule has 2 aliphatic heterocycles. The van der Waals surface area contributed by atoms with E-state index in [9.17, 15) is 4.79 Å². The van der Waals surface area contributed by atoms with Gasteiger partial charge in [-0.05, 0) is 68.2 Å². The summed E-state index contributed by atoms with van der Waals surface area (Å²) < 4.78 is 18.8. The Hall–Kier alpha value is -1.57. The van der Waals surface area contributed by atoms with Gasteiger partial charge in [-0.2, -0.15) is 0 Å². The molecule has 2 aliphatic rings. The molecule has 2 unspecified atom stereocenters. The highest BCUT2D eigenvalue weighted by atomic mass is 28.4. The Kier molecular flexibility index (Phi) is 10.7. The van der Waals surface area contributed by atoms with Crippen molar-refractivity contribution in [2.75, 3.05) is 32.8 Å². The van der Waals surface area contributed by atoms with E-state index in [1.807, 2.05) is 6.07 Å². The SMILES string of the molecule is CCCCCCCC(=O)NC(CN1CCCC1)C(O[Si](C)(C)C(C)(C)C)c1ccc2c(c1)OCCO2. The number of hydrogen-bond donors (Lipinski definition) is 1. The standard InChI is InChI=1S/C29H50N2O4Si/c1-7-8-9-10-11-14-27(32)30-24(22-31-17-12-13-18-31)28(35-36(5,6)29(2,3)4)23-15-16-25-26(21-23)34-20-19-33-25/h15-16,21,24,28H,7-14,17-20,22H2,1-6H3,(H,30,32). The second-order valence-corrected chi connectivity index (χ2v) is 16.8. The fourth-order valence-electron chi connectivity index (χ4n) is 4.74. The number of carbonyl (C=O) groups excluding carboxylic acids is 1. The van der Waals surface area contributed by atoms with Crippen LogP contribution in [0.25, 0.3) is 0 Å². The molecule has 1 aromatic rings. The zero-order valence-corrected chi connectivity index (χ0v) is 24.7. The second-order valence-electron chi connectivity index (χ2n) is 12.0. The van der Waals surface area contributed by atoms with Crippen LogP contribution in [0.15, 0.2) is 18.2 Å². The van der Waals surface area contributed by atoms with E-state index in [2.05, 4.69) is 63.1 Å². The molecular weight excluding hydrogens is 468 g/mol. The highest BCUT2D eigenvalue weighted by Crippen LogP contribution is 2.42. The van der Waals surface area contributed by atoms with Crippen molar-refractivity contribution in [3.8, 4) is 11.5 Å². The monoisotopic (exact) mass is 518 g/mol. The van der Waals surface area contributed by atoms with Gasteiger partial charge in [-0.3, -0.25) is 4.79 Å². The Morgan fingerprint density at radius 3 is 2.39 bits per heavy atom. The van der Waals surface area contributed by atoms with Crippen molar-refractivity contribution in [1.82, 2.24) is 10.2 Å². The average Bonchev–Trinajstić information content (AvgIpc) is 3.34. The van der Waals surface area contributed by atoms with Crippen LogP contribution in [-0.4, -0.2) is 58.0 Å².